The average molecular weight is 438 g/mol. The third kappa shape index (κ3) is 5.49. The highest BCUT2D eigenvalue weighted by atomic mass is 32.2. The highest BCUT2D eigenvalue weighted by Crippen LogP contribution is 2.16. The molecule has 160 valence electrons. The molecule has 7 nitrogen and oxygen atoms in total. The molecule has 0 radical (unpaired) electrons. The first kappa shape index (κ1) is 22.0. The minimum absolute atomic E-state index is 0.0825. The first-order valence-corrected chi connectivity index (χ1v) is 11.0. The van der Waals surface area contributed by atoms with Crippen LogP contribution in [0, 0.1) is 6.92 Å². The quantitative estimate of drug-likeness (QED) is 0.432. The van der Waals surface area contributed by atoms with E-state index in [2.05, 4.69) is 15.2 Å². The van der Waals surface area contributed by atoms with Gasteiger partial charge in [-0.15, -0.1) is 0 Å². The van der Waals surface area contributed by atoms with Crippen LogP contribution in [0.1, 0.15) is 28.4 Å². The lowest BCUT2D eigenvalue weighted by atomic mass is 10.1. The Morgan fingerprint density at radius 2 is 1.58 bits per heavy atom. The molecule has 0 fully saturated rings. The molecular weight excluding hydrogens is 414 g/mol. The molecule has 0 aliphatic heterocycles. The molecule has 0 aliphatic rings. The van der Waals surface area contributed by atoms with E-state index in [0.717, 1.165) is 5.56 Å². The number of rotatable bonds is 7. The summed E-state index contributed by atoms with van der Waals surface area (Å²) in [6.45, 7) is 3.57. The van der Waals surface area contributed by atoms with Crippen molar-refractivity contribution in [2.45, 2.75) is 18.7 Å². The summed E-state index contributed by atoms with van der Waals surface area (Å²) in [7, 11) is -2.29. The van der Waals surface area contributed by atoms with Crippen LogP contribution in [0.3, 0.4) is 0 Å². The van der Waals surface area contributed by atoms with Crippen LogP contribution in [0.2, 0.25) is 0 Å². The topological polar surface area (TPSA) is 96.9 Å². The van der Waals surface area contributed by atoms with E-state index in [4.69, 9.17) is 4.74 Å². The number of hydrogen-bond acceptors (Lipinski definition) is 5. The summed E-state index contributed by atoms with van der Waals surface area (Å²) in [6, 6.07) is 20.4. The van der Waals surface area contributed by atoms with Gasteiger partial charge in [0, 0.05) is 11.3 Å². The fraction of sp³-hybridized carbons (Fsp3) is 0.130. The molecule has 0 bridgehead atoms. The predicted octanol–water partition coefficient (Wildman–Crippen LogP) is 3.96. The number of hydrazone groups is 1. The van der Waals surface area contributed by atoms with Crippen LogP contribution >= 0.6 is 0 Å². The Morgan fingerprint density at radius 1 is 0.935 bits per heavy atom. The monoisotopic (exact) mass is 437 g/mol. The van der Waals surface area contributed by atoms with Crippen molar-refractivity contribution in [1.82, 2.24) is 4.83 Å². The molecule has 8 heteroatoms. The molecule has 1 amide bonds. The van der Waals surface area contributed by atoms with E-state index in [-0.39, 0.29) is 10.8 Å². The van der Waals surface area contributed by atoms with Gasteiger partial charge in [0.25, 0.3) is 15.9 Å². The molecule has 0 aromatic heterocycles. The van der Waals surface area contributed by atoms with Gasteiger partial charge in [0.2, 0.25) is 0 Å². The van der Waals surface area contributed by atoms with E-state index in [1.807, 2.05) is 25.1 Å². The molecule has 2 N–H and O–H groups in total. The first-order chi connectivity index (χ1) is 14.8. The van der Waals surface area contributed by atoms with Crippen molar-refractivity contribution in [2.24, 2.45) is 5.10 Å². The molecule has 0 unspecified atom stereocenters. The Bertz CT molecular complexity index is 1200. The summed E-state index contributed by atoms with van der Waals surface area (Å²) in [5.74, 6) is 0.372. The van der Waals surface area contributed by atoms with E-state index >= 15 is 0 Å². The highest BCUT2D eigenvalue weighted by Gasteiger charge is 2.13. The number of anilines is 1. The minimum atomic E-state index is -3.80. The summed E-state index contributed by atoms with van der Waals surface area (Å²) >= 11 is 0. The zero-order valence-electron chi connectivity index (χ0n) is 17.4. The molecule has 3 rings (SSSR count). The average Bonchev–Trinajstić information content (AvgIpc) is 2.78. The van der Waals surface area contributed by atoms with Crippen molar-refractivity contribution in [3.63, 3.8) is 0 Å². The van der Waals surface area contributed by atoms with Crippen LogP contribution < -0.4 is 14.9 Å². The van der Waals surface area contributed by atoms with E-state index < -0.39 is 10.0 Å². The molecule has 0 saturated heterocycles. The zero-order valence-corrected chi connectivity index (χ0v) is 18.2. The first-order valence-electron chi connectivity index (χ1n) is 9.48. The largest absolute Gasteiger partial charge is 0.497 e. The molecule has 0 spiro atoms. The van der Waals surface area contributed by atoms with Crippen LogP contribution in [-0.4, -0.2) is 27.1 Å². The fourth-order valence-electron chi connectivity index (χ4n) is 2.82. The van der Waals surface area contributed by atoms with Gasteiger partial charge in [-0.3, -0.25) is 4.79 Å². The Balaban J connectivity index is 1.67. The highest BCUT2D eigenvalue weighted by molar-refractivity contribution is 7.89. The molecular formula is C23H23N3O4S. The third-order valence-corrected chi connectivity index (χ3v) is 5.88. The summed E-state index contributed by atoms with van der Waals surface area (Å²) in [4.78, 5) is 14.7. The van der Waals surface area contributed by atoms with Gasteiger partial charge in [0.1, 0.15) is 5.75 Å². The molecule has 0 aliphatic carbocycles. The second-order valence-electron chi connectivity index (χ2n) is 6.81. The number of methoxy groups -OCH3 is 1. The summed E-state index contributed by atoms with van der Waals surface area (Å²) < 4.78 is 29.8. The van der Waals surface area contributed by atoms with Crippen molar-refractivity contribution < 1.29 is 17.9 Å². The summed E-state index contributed by atoms with van der Waals surface area (Å²) in [6.07, 6.45) is 0. The summed E-state index contributed by atoms with van der Waals surface area (Å²) in [5, 5.41) is 6.85. The number of ether oxygens (including phenoxy) is 1. The second-order valence-corrected chi connectivity index (χ2v) is 8.47. The Kier molecular flexibility index (Phi) is 6.71. The number of carbonyl (C=O) groups is 1. The number of aryl methyl sites for hydroxylation is 1. The number of hydrogen-bond donors (Lipinski definition) is 2. The lowest BCUT2D eigenvalue weighted by molar-refractivity contribution is 0.102. The van der Waals surface area contributed by atoms with Gasteiger partial charge in [0.15, 0.2) is 0 Å². The maximum atomic E-state index is 12.4. The van der Waals surface area contributed by atoms with Crippen LogP contribution in [0.15, 0.2) is 82.8 Å². The number of carbonyl (C=O) groups excluding carboxylic acids is 1. The smallest absolute Gasteiger partial charge is 0.276 e. The third-order valence-electron chi connectivity index (χ3n) is 4.65. The van der Waals surface area contributed by atoms with Crippen molar-refractivity contribution in [1.29, 1.82) is 0 Å². The molecule has 0 atom stereocenters. The lowest BCUT2D eigenvalue weighted by Gasteiger charge is -2.09. The van der Waals surface area contributed by atoms with E-state index in [9.17, 15) is 13.2 Å². The number of sulfonamides is 1. The zero-order chi connectivity index (χ0) is 22.4. The van der Waals surface area contributed by atoms with Crippen LogP contribution in [0.25, 0.3) is 0 Å². The molecule has 3 aromatic rings. The van der Waals surface area contributed by atoms with Gasteiger partial charge in [0.05, 0.1) is 17.7 Å². The van der Waals surface area contributed by atoms with Crippen LogP contribution in [0.4, 0.5) is 5.69 Å². The summed E-state index contributed by atoms with van der Waals surface area (Å²) in [5.41, 5.74) is 3.32. The van der Waals surface area contributed by atoms with Gasteiger partial charge < -0.3 is 10.1 Å². The molecule has 0 heterocycles. The van der Waals surface area contributed by atoms with Gasteiger partial charge in [-0.1, -0.05) is 30.3 Å². The van der Waals surface area contributed by atoms with Crippen molar-refractivity contribution >= 4 is 27.3 Å². The molecule has 3 aromatic carbocycles. The van der Waals surface area contributed by atoms with E-state index in [1.54, 1.807) is 49.4 Å². The fourth-order valence-corrected chi connectivity index (χ4v) is 3.68. The van der Waals surface area contributed by atoms with Gasteiger partial charge in [-0.25, -0.2) is 0 Å². The minimum Gasteiger partial charge on any atom is -0.497 e. The normalized spacial score (nSPS) is 11.6. The van der Waals surface area contributed by atoms with E-state index in [1.165, 1.54) is 19.2 Å². The number of benzene rings is 3. The van der Waals surface area contributed by atoms with Gasteiger partial charge >= 0.3 is 0 Å². The maximum Gasteiger partial charge on any atom is 0.276 e. The van der Waals surface area contributed by atoms with Crippen molar-refractivity contribution in [3.8, 4) is 5.75 Å². The Labute approximate surface area is 181 Å². The van der Waals surface area contributed by atoms with Crippen molar-refractivity contribution in [2.75, 3.05) is 12.4 Å². The van der Waals surface area contributed by atoms with Crippen LogP contribution in [-0.2, 0) is 10.0 Å². The SMILES string of the molecule is COc1ccc(S(=O)(=O)N/N=C(/C)c2ccc(NC(=O)c3ccccc3C)cc2)cc1. The van der Waals surface area contributed by atoms with Gasteiger partial charge in [-0.05, 0) is 67.4 Å². The number of nitrogens with zero attached hydrogens (tertiary/aromatic N) is 1. The number of amides is 1. The van der Waals surface area contributed by atoms with E-state index in [0.29, 0.717) is 28.3 Å². The predicted molar refractivity (Wildman–Crippen MR) is 121 cm³/mol. The lowest BCUT2D eigenvalue weighted by Crippen LogP contribution is -2.20. The standard InChI is InChI=1S/C23H23N3O4S/c1-16-6-4-5-7-22(16)23(27)24-19-10-8-18(9-11-19)17(2)25-26-31(28,29)21-14-12-20(30-3)13-15-21/h4-15,26H,1-3H3,(H,24,27)/b25-17-. The Morgan fingerprint density at radius 3 is 2.19 bits per heavy atom. The molecule has 31 heavy (non-hydrogen) atoms. The van der Waals surface area contributed by atoms with Crippen LogP contribution in [0.5, 0.6) is 5.75 Å². The second kappa shape index (κ2) is 9.44. The maximum absolute atomic E-state index is 12.4. The number of nitrogens with one attached hydrogen (secondary N) is 2. The molecule has 0 saturated carbocycles. The van der Waals surface area contributed by atoms with Crippen molar-refractivity contribution in [3.05, 3.63) is 89.5 Å². The van der Waals surface area contributed by atoms with Gasteiger partial charge in [-0.2, -0.15) is 18.4 Å². The Hall–Kier alpha value is -3.65.